The molecule has 4 aromatic heterocycles. The highest BCUT2D eigenvalue weighted by atomic mass is 19.1. The molecule has 1 aliphatic rings. The number of nitrogens with one attached hydrogen (secondary N) is 1. The number of ether oxygens (including phenoxy) is 1. The number of aryl methyl sites for hydroxylation is 2. The number of imidazole rings is 1. The van der Waals surface area contributed by atoms with E-state index in [4.69, 9.17) is 10.2 Å². The van der Waals surface area contributed by atoms with Crippen LogP contribution in [-0.4, -0.2) is 65.0 Å². The largest absolute Gasteiger partial charge is 0.453 e. The van der Waals surface area contributed by atoms with Gasteiger partial charge in [-0.15, -0.1) is 5.10 Å². The number of aliphatic hydroxyl groups is 2. The van der Waals surface area contributed by atoms with Gasteiger partial charge in [-0.05, 0) is 25.3 Å². The minimum atomic E-state index is -0.745. The van der Waals surface area contributed by atoms with Crippen molar-refractivity contribution in [2.45, 2.75) is 44.8 Å². The maximum atomic E-state index is 14.8. The van der Waals surface area contributed by atoms with Crippen molar-refractivity contribution >= 4 is 28.2 Å². The Labute approximate surface area is 241 Å². The second-order valence-electron chi connectivity index (χ2n) is 10.2. The standard InChI is InChI=1S/C24H23FN6O.C3H8O2.C2H5NO2/c1-29-13-16(22(25)28-29)20-18(14-8-4-3-5-9-14)19-21-17(12-26-23(19)27-20)30(2)24(32)31(21)15-10-6-7-11-15;1-3(5)2-4;1-5-2(3)4/h3-5,8-9,12-13,15H,6-7,10-11H2,1-2H3,(H,26,27);3-5H,2H2,1H3;1H3,(H2,3,4)/t;3-;/m.0./s1. The van der Waals surface area contributed by atoms with Gasteiger partial charge in [-0.3, -0.25) is 13.8 Å². The molecule has 6 rings (SSSR count). The number of aromatic amines is 1. The molecular formula is C29H36FN7O5. The lowest BCUT2D eigenvalue weighted by molar-refractivity contribution is 0.110. The number of pyridine rings is 1. The van der Waals surface area contributed by atoms with Crippen LogP contribution in [0.2, 0.25) is 0 Å². The zero-order chi connectivity index (χ0) is 30.6. The summed E-state index contributed by atoms with van der Waals surface area (Å²) in [5.41, 5.74) is 9.43. The molecule has 1 fully saturated rings. The van der Waals surface area contributed by atoms with Crippen LogP contribution >= 0.6 is 0 Å². The van der Waals surface area contributed by atoms with E-state index in [0.29, 0.717) is 16.9 Å². The Bertz CT molecular complexity index is 1730. The third-order valence-electron chi connectivity index (χ3n) is 7.14. The molecule has 4 heterocycles. The summed E-state index contributed by atoms with van der Waals surface area (Å²) in [4.78, 5) is 30.7. The highest BCUT2D eigenvalue weighted by Gasteiger charge is 2.28. The zero-order valence-electron chi connectivity index (χ0n) is 24.0. The minimum Gasteiger partial charge on any atom is -0.453 e. The third kappa shape index (κ3) is 6.06. The van der Waals surface area contributed by atoms with Crippen LogP contribution in [0.5, 0.6) is 0 Å². The predicted octanol–water partition coefficient (Wildman–Crippen LogP) is 3.61. The van der Waals surface area contributed by atoms with Crippen molar-refractivity contribution in [1.29, 1.82) is 0 Å². The molecule has 1 atom stereocenters. The van der Waals surface area contributed by atoms with Crippen LogP contribution in [0.15, 0.2) is 47.5 Å². The number of halogens is 1. The molecule has 0 aliphatic heterocycles. The van der Waals surface area contributed by atoms with Gasteiger partial charge in [0.2, 0.25) is 5.95 Å². The smallest absolute Gasteiger partial charge is 0.404 e. The summed E-state index contributed by atoms with van der Waals surface area (Å²) < 4.78 is 23.8. The summed E-state index contributed by atoms with van der Waals surface area (Å²) in [6, 6.07) is 10.0. The molecule has 1 amide bonds. The molecule has 1 aliphatic carbocycles. The number of aromatic nitrogens is 6. The van der Waals surface area contributed by atoms with Gasteiger partial charge in [0, 0.05) is 31.9 Å². The topological polar surface area (TPSA) is 166 Å². The van der Waals surface area contributed by atoms with Crippen LogP contribution in [0.3, 0.4) is 0 Å². The Hall–Kier alpha value is -4.49. The molecule has 0 spiro atoms. The van der Waals surface area contributed by atoms with Crippen LogP contribution in [0.25, 0.3) is 44.5 Å². The lowest BCUT2D eigenvalue weighted by atomic mass is 9.99. The molecule has 42 heavy (non-hydrogen) atoms. The Morgan fingerprint density at radius 1 is 1.24 bits per heavy atom. The number of hydrogen-bond donors (Lipinski definition) is 4. The van der Waals surface area contributed by atoms with E-state index in [1.807, 2.05) is 34.9 Å². The summed E-state index contributed by atoms with van der Waals surface area (Å²) in [5, 5.41) is 20.8. The van der Waals surface area contributed by atoms with Crippen molar-refractivity contribution < 1.29 is 24.1 Å². The average molecular weight is 582 g/mol. The number of rotatable bonds is 4. The number of nitrogens with zero attached hydrogens (tertiary/aromatic N) is 5. The van der Waals surface area contributed by atoms with Gasteiger partial charge in [-0.25, -0.2) is 14.6 Å². The summed E-state index contributed by atoms with van der Waals surface area (Å²) in [5.74, 6) is -0.547. The van der Waals surface area contributed by atoms with Gasteiger partial charge in [0.1, 0.15) is 5.65 Å². The maximum Gasteiger partial charge on any atom is 0.404 e. The van der Waals surface area contributed by atoms with E-state index in [0.717, 1.165) is 53.2 Å². The van der Waals surface area contributed by atoms with E-state index in [1.165, 1.54) is 18.7 Å². The lowest BCUT2D eigenvalue weighted by Gasteiger charge is -2.12. The molecule has 1 aromatic carbocycles. The van der Waals surface area contributed by atoms with E-state index in [-0.39, 0.29) is 18.3 Å². The average Bonchev–Trinajstić information content (AvgIpc) is 3.75. The van der Waals surface area contributed by atoms with Crippen LogP contribution < -0.4 is 11.4 Å². The van der Waals surface area contributed by atoms with E-state index in [2.05, 4.69) is 25.5 Å². The van der Waals surface area contributed by atoms with Gasteiger partial charge in [0.15, 0.2) is 0 Å². The van der Waals surface area contributed by atoms with Crippen LogP contribution in [0.1, 0.15) is 38.6 Å². The second kappa shape index (κ2) is 13.0. The van der Waals surface area contributed by atoms with Crippen molar-refractivity contribution in [2.24, 2.45) is 19.8 Å². The minimum absolute atomic E-state index is 0.0319. The molecule has 5 N–H and O–H groups in total. The van der Waals surface area contributed by atoms with Crippen LogP contribution in [0.4, 0.5) is 9.18 Å². The Balaban J connectivity index is 0.000000352. The molecule has 13 heteroatoms. The Morgan fingerprint density at radius 3 is 2.38 bits per heavy atom. The van der Waals surface area contributed by atoms with E-state index in [9.17, 15) is 14.0 Å². The SMILES string of the molecule is COC(N)=O.C[C@H](O)CO.Cn1cc(-c2[nH]c3ncc4c(c3c2-c2ccccc2)n(C2CCCC2)c(=O)n4C)c(F)n1. The predicted molar refractivity (Wildman–Crippen MR) is 157 cm³/mol. The van der Waals surface area contributed by atoms with Crippen molar-refractivity contribution in [3.05, 3.63) is 59.2 Å². The van der Waals surface area contributed by atoms with E-state index >= 15 is 0 Å². The van der Waals surface area contributed by atoms with Gasteiger partial charge < -0.3 is 25.7 Å². The lowest BCUT2D eigenvalue weighted by Crippen LogP contribution is -2.24. The Kier molecular flexibility index (Phi) is 9.43. The Morgan fingerprint density at radius 2 is 1.86 bits per heavy atom. The van der Waals surface area contributed by atoms with Crippen molar-refractivity contribution in [3.8, 4) is 22.4 Å². The fourth-order valence-electron chi connectivity index (χ4n) is 5.20. The van der Waals surface area contributed by atoms with Gasteiger partial charge >= 0.3 is 11.8 Å². The van der Waals surface area contributed by atoms with Crippen molar-refractivity contribution in [3.63, 3.8) is 0 Å². The van der Waals surface area contributed by atoms with E-state index < -0.39 is 18.1 Å². The molecule has 5 aromatic rings. The van der Waals surface area contributed by atoms with Gasteiger partial charge in [0.05, 0.1) is 53.7 Å². The number of amides is 1. The van der Waals surface area contributed by atoms with Crippen molar-refractivity contribution in [1.82, 2.24) is 28.9 Å². The first-order valence-corrected chi connectivity index (χ1v) is 13.6. The highest BCUT2D eigenvalue weighted by Crippen LogP contribution is 2.42. The molecule has 224 valence electrons. The first-order chi connectivity index (χ1) is 20.1. The van der Waals surface area contributed by atoms with Crippen LogP contribution in [0, 0.1) is 5.95 Å². The van der Waals surface area contributed by atoms with Gasteiger partial charge in [0.25, 0.3) is 0 Å². The summed E-state index contributed by atoms with van der Waals surface area (Å²) >= 11 is 0. The number of fused-ring (bicyclic) bond motifs is 3. The fraction of sp³-hybridized carbons (Fsp3) is 0.379. The molecule has 12 nitrogen and oxygen atoms in total. The van der Waals surface area contributed by atoms with Gasteiger partial charge in [-0.2, -0.15) is 4.39 Å². The van der Waals surface area contributed by atoms with E-state index in [1.54, 1.807) is 31.1 Å². The van der Waals surface area contributed by atoms with Gasteiger partial charge in [-0.1, -0.05) is 43.2 Å². The summed E-state index contributed by atoms with van der Waals surface area (Å²) in [6.07, 6.45) is 6.30. The molecule has 0 unspecified atom stereocenters. The number of aliphatic hydroxyl groups excluding tert-OH is 2. The quantitative estimate of drug-likeness (QED) is 0.252. The molecule has 0 radical (unpaired) electrons. The number of nitrogens with two attached hydrogens (primary N) is 1. The first-order valence-electron chi connectivity index (χ1n) is 13.6. The first kappa shape index (κ1) is 30.5. The van der Waals surface area contributed by atoms with Crippen LogP contribution in [-0.2, 0) is 18.8 Å². The van der Waals surface area contributed by atoms with Crippen molar-refractivity contribution in [2.75, 3.05) is 13.7 Å². The number of carbonyl (C=O) groups excluding carboxylic acids is 1. The second-order valence-corrected chi connectivity index (χ2v) is 10.2. The number of H-pyrrole nitrogens is 1. The highest BCUT2D eigenvalue weighted by molar-refractivity contribution is 6.14. The number of hydrogen-bond acceptors (Lipinski definition) is 7. The molecule has 0 saturated heterocycles. The third-order valence-corrected chi connectivity index (χ3v) is 7.14. The summed E-state index contributed by atoms with van der Waals surface area (Å²) in [7, 11) is 4.71. The number of benzene rings is 1. The normalized spacial score (nSPS) is 13.9. The summed E-state index contributed by atoms with van der Waals surface area (Å²) in [6.45, 7) is 1.39. The molecular weight excluding hydrogens is 545 g/mol. The maximum absolute atomic E-state index is 14.8. The zero-order valence-corrected chi connectivity index (χ0v) is 24.0. The molecule has 0 bridgehead atoms. The number of carbonyl (C=O) groups is 1. The number of primary amides is 1. The monoisotopic (exact) mass is 581 g/mol. The number of methoxy groups -OCH3 is 1. The molecule has 1 saturated carbocycles. The fourth-order valence-corrected chi connectivity index (χ4v) is 5.20.